The monoisotopic (exact) mass is 258 g/mol. The molecule has 0 saturated carbocycles. The first kappa shape index (κ1) is 17.9. The van der Waals surface area contributed by atoms with Gasteiger partial charge in [-0.15, -0.1) is 0 Å². The zero-order chi connectivity index (χ0) is 14.0. The molecule has 18 heavy (non-hydrogen) atoms. The number of nitrogens with one attached hydrogen (secondary N) is 1. The lowest BCUT2D eigenvalue weighted by molar-refractivity contribution is 0.150. The molecule has 0 aliphatic rings. The summed E-state index contributed by atoms with van der Waals surface area (Å²) < 4.78 is 5.14. The van der Waals surface area contributed by atoms with E-state index in [0.29, 0.717) is 11.3 Å². The summed E-state index contributed by atoms with van der Waals surface area (Å²) in [7, 11) is 1.77. The van der Waals surface area contributed by atoms with Gasteiger partial charge in [-0.3, -0.25) is 0 Å². The zero-order valence-corrected chi connectivity index (χ0v) is 13.1. The summed E-state index contributed by atoms with van der Waals surface area (Å²) >= 11 is 0. The van der Waals surface area contributed by atoms with Gasteiger partial charge >= 0.3 is 0 Å². The van der Waals surface area contributed by atoms with Crippen LogP contribution < -0.4 is 11.1 Å². The number of rotatable bonds is 11. The van der Waals surface area contributed by atoms with E-state index in [9.17, 15) is 0 Å². The fraction of sp³-hybridized carbons (Fsp3) is 1.00. The van der Waals surface area contributed by atoms with E-state index in [4.69, 9.17) is 10.5 Å². The smallest absolute Gasteiger partial charge is 0.0467 e. The topological polar surface area (TPSA) is 47.3 Å². The third-order valence-electron chi connectivity index (χ3n) is 3.45. The van der Waals surface area contributed by atoms with Crippen LogP contribution in [0.5, 0.6) is 0 Å². The van der Waals surface area contributed by atoms with Gasteiger partial charge in [0.2, 0.25) is 0 Å². The van der Waals surface area contributed by atoms with Gasteiger partial charge in [0.15, 0.2) is 0 Å². The van der Waals surface area contributed by atoms with Crippen molar-refractivity contribution in [1.82, 2.24) is 5.32 Å². The SMILES string of the molecule is COCCC(C)(C)CNCCC(CN)CC(C)C. The molecule has 0 spiro atoms. The van der Waals surface area contributed by atoms with E-state index in [1.54, 1.807) is 7.11 Å². The Hall–Kier alpha value is -0.120. The molecule has 0 aromatic heterocycles. The zero-order valence-electron chi connectivity index (χ0n) is 13.1. The van der Waals surface area contributed by atoms with Crippen LogP contribution in [0.2, 0.25) is 0 Å². The number of methoxy groups -OCH3 is 1. The third-order valence-corrected chi connectivity index (χ3v) is 3.45. The fourth-order valence-corrected chi connectivity index (χ4v) is 2.20. The fourth-order valence-electron chi connectivity index (χ4n) is 2.20. The van der Waals surface area contributed by atoms with Crippen LogP contribution in [0.4, 0.5) is 0 Å². The standard InChI is InChI=1S/C15H34N2O/c1-13(2)10-14(11-16)6-8-17-12-15(3,4)7-9-18-5/h13-14,17H,6-12,16H2,1-5H3. The Morgan fingerprint density at radius 2 is 1.94 bits per heavy atom. The molecular formula is C15H34N2O. The summed E-state index contributed by atoms with van der Waals surface area (Å²) in [6.07, 6.45) is 3.53. The predicted molar refractivity (Wildman–Crippen MR) is 79.8 cm³/mol. The average molecular weight is 258 g/mol. The molecule has 0 saturated heterocycles. The van der Waals surface area contributed by atoms with Crippen LogP contribution in [0.15, 0.2) is 0 Å². The third kappa shape index (κ3) is 9.86. The van der Waals surface area contributed by atoms with Gasteiger partial charge in [0, 0.05) is 20.3 Å². The molecule has 0 radical (unpaired) electrons. The summed E-state index contributed by atoms with van der Waals surface area (Å²) in [5.41, 5.74) is 6.12. The van der Waals surface area contributed by atoms with Crippen LogP contribution >= 0.6 is 0 Å². The summed E-state index contributed by atoms with van der Waals surface area (Å²) in [6, 6.07) is 0. The van der Waals surface area contributed by atoms with Crippen LogP contribution in [0.1, 0.15) is 47.0 Å². The number of nitrogens with two attached hydrogens (primary N) is 1. The molecule has 0 heterocycles. The minimum atomic E-state index is 0.312. The molecule has 3 N–H and O–H groups in total. The minimum absolute atomic E-state index is 0.312. The van der Waals surface area contributed by atoms with Crippen LogP contribution in [0.25, 0.3) is 0 Å². The van der Waals surface area contributed by atoms with Gasteiger partial charge < -0.3 is 15.8 Å². The van der Waals surface area contributed by atoms with Gasteiger partial charge in [-0.1, -0.05) is 27.7 Å². The van der Waals surface area contributed by atoms with E-state index in [2.05, 4.69) is 33.0 Å². The minimum Gasteiger partial charge on any atom is -0.385 e. The first-order chi connectivity index (χ1) is 8.41. The summed E-state index contributed by atoms with van der Waals surface area (Å²) in [4.78, 5) is 0. The molecule has 0 aliphatic heterocycles. The maximum atomic E-state index is 5.81. The van der Waals surface area contributed by atoms with Crippen molar-refractivity contribution in [3.8, 4) is 0 Å². The van der Waals surface area contributed by atoms with Gasteiger partial charge in [0.05, 0.1) is 0 Å². The average Bonchev–Trinajstić information content (AvgIpc) is 2.30. The largest absolute Gasteiger partial charge is 0.385 e. The summed E-state index contributed by atoms with van der Waals surface area (Å²) in [5.74, 6) is 1.41. The highest BCUT2D eigenvalue weighted by molar-refractivity contribution is 4.72. The van der Waals surface area contributed by atoms with E-state index < -0.39 is 0 Å². The molecule has 1 atom stereocenters. The highest BCUT2D eigenvalue weighted by atomic mass is 16.5. The normalized spacial score (nSPS) is 14.2. The lowest BCUT2D eigenvalue weighted by Crippen LogP contribution is -2.32. The van der Waals surface area contributed by atoms with Gasteiger partial charge in [0.25, 0.3) is 0 Å². The molecule has 1 unspecified atom stereocenters. The Balaban J connectivity index is 3.70. The Bertz CT molecular complexity index is 193. The van der Waals surface area contributed by atoms with Crippen LogP contribution in [-0.2, 0) is 4.74 Å². The molecule has 0 rings (SSSR count). The van der Waals surface area contributed by atoms with Crippen molar-refractivity contribution in [3.05, 3.63) is 0 Å². The Kier molecular flexibility index (Phi) is 9.70. The molecule has 0 amide bonds. The maximum Gasteiger partial charge on any atom is 0.0467 e. The lowest BCUT2D eigenvalue weighted by atomic mass is 9.89. The van der Waals surface area contributed by atoms with Crippen molar-refractivity contribution in [2.24, 2.45) is 23.0 Å². The Morgan fingerprint density at radius 3 is 2.44 bits per heavy atom. The molecule has 3 heteroatoms. The van der Waals surface area contributed by atoms with E-state index in [-0.39, 0.29) is 0 Å². The van der Waals surface area contributed by atoms with E-state index >= 15 is 0 Å². The second-order valence-corrected chi connectivity index (χ2v) is 6.60. The lowest BCUT2D eigenvalue weighted by Gasteiger charge is -2.25. The van der Waals surface area contributed by atoms with Crippen LogP contribution in [0, 0.1) is 17.3 Å². The van der Waals surface area contributed by atoms with Crippen LogP contribution in [0.3, 0.4) is 0 Å². The van der Waals surface area contributed by atoms with E-state index in [0.717, 1.165) is 38.6 Å². The molecule has 0 aliphatic carbocycles. The summed E-state index contributed by atoms with van der Waals surface area (Å²) in [6.45, 7) is 12.9. The van der Waals surface area contributed by atoms with Crippen molar-refractivity contribution in [1.29, 1.82) is 0 Å². The number of hydrogen-bond donors (Lipinski definition) is 2. The van der Waals surface area contributed by atoms with E-state index in [1.165, 1.54) is 12.8 Å². The Morgan fingerprint density at radius 1 is 1.28 bits per heavy atom. The summed E-state index contributed by atoms with van der Waals surface area (Å²) in [5, 5.41) is 3.56. The van der Waals surface area contributed by atoms with Crippen LogP contribution in [-0.4, -0.2) is 33.4 Å². The molecular weight excluding hydrogens is 224 g/mol. The second kappa shape index (κ2) is 9.76. The first-order valence-corrected chi connectivity index (χ1v) is 7.31. The highest BCUT2D eigenvalue weighted by Gasteiger charge is 2.17. The Labute approximate surface area is 114 Å². The highest BCUT2D eigenvalue weighted by Crippen LogP contribution is 2.19. The van der Waals surface area contributed by atoms with Crippen molar-refractivity contribution in [2.45, 2.75) is 47.0 Å². The molecule has 3 nitrogen and oxygen atoms in total. The van der Waals surface area contributed by atoms with Crippen molar-refractivity contribution < 1.29 is 4.74 Å². The van der Waals surface area contributed by atoms with Gasteiger partial charge in [-0.2, -0.15) is 0 Å². The molecule has 0 aromatic carbocycles. The number of hydrogen-bond acceptors (Lipinski definition) is 3. The quantitative estimate of drug-likeness (QED) is 0.560. The molecule has 0 bridgehead atoms. The molecule has 110 valence electrons. The molecule has 0 aromatic rings. The van der Waals surface area contributed by atoms with Crippen molar-refractivity contribution in [3.63, 3.8) is 0 Å². The van der Waals surface area contributed by atoms with Gasteiger partial charge in [0.1, 0.15) is 0 Å². The first-order valence-electron chi connectivity index (χ1n) is 7.31. The molecule has 0 fully saturated rings. The second-order valence-electron chi connectivity index (χ2n) is 6.60. The number of ether oxygens (including phenoxy) is 1. The van der Waals surface area contributed by atoms with E-state index in [1.807, 2.05) is 0 Å². The van der Waals surface area contributed by atoms with Crippen molar-refractivity contribution >= 4 is 0 Å². The predicted octanol–water partition coefficient (Wildman–Crippen LogP) is 2.65. The van der Waals surface area contributed by atoms with Crippen molar-refractivity contribution in [2.75, 3.05) is 33.4 Å². The van der Waals surface area contributed by atoms with Gasteiger partial charge in [-0.25, -0.2) is 0 Å². The van der Waals surface area contributed by atoms with Gasteiger partial charge in [-0.05, 0) is 49.6 Å². The maximum absolute atomic E-state index is 5.81.